The van der Waals surface area contributed by atoms with E-state index in [0.717, 1.165) is 57.9 Å². The molecule has 1 aromatic rings. The quantitative estimate of drug-likeness (QED) is 0.729. The van der Waals surface area contributed by atoms with Gasteiger partial charge in [-0.15, -0.1) is 0 Å². The van der Waals surface area contributed by atoms with E-state index < -0.39 is 0 Å². The lowest BCUT2D eigenvalue weighted by Gasteiger charge is -2.36. The smallest absolute Gasteiger partial charge is 0.223 e. The molecule has 1 amide bonds. The fourth-order valence-corrected chi connectivity index (χ4v) is 2.86. The molecule has 5 nitrogen and oxygen atoms in total. The lowest BCUT2D eigenvalue weighted by molar-refractivity contribution is -0.131. The largest absolute Gasteiger partial charge is 0.368 e. The molecule has 24 heavy (non-hydrogen) atoms. The van der Waals surface area contributed by atoms with Crippen LogP contribution < -0.4 is 10.2 Å². The van der Waals surface area contributed by atoms with Gasteiger partial charge in [0.2, 0.25) is 5.91 Å². The maximum Gasteiger partial charge on any atom is 0.223 e. The highest BCUT2D eigenvalue weighted by atomic mass is 19.1. The minimum Gasteiger partial charge on any atom is -0.368 e. The van der Waals surface area contributed by atoms with Gasteiger partial charge >= 0.3 is 0 Å². The first-order valence-electron chi connectivity index (χ1n) is 8.70. The molecule has 6 heteroatoms. The summed E-state index contributed by atoms with van der Waals surface area (Å²) < 4.78 is 13.0. The molecular formula is C18H29FN4O. The van der Waals surface area contributed by atoms with Crippen LogP contribution in [0.5, 0.6) is 0 Å². The van der Waals surface area contributed by atoms with Gasteiger partial charge in [-0.25, -0.2) is 4.39 Å². The van der Waals surface area contributed by atoms with Crippen molar-refractivity contribution in [2.75, 3.05) is 64.8 Å². The number of halogens is 1. The summed E-state index contributed by atoms with van der Waals surface area (Å²) in [6.07, 6.45) is 1.65. The van der Waals surface area contributed by atoms with Crippen molar-refractivity contribution in [3.05, 3.63) is 30.1 Å². The van der Waals surface area contributed by atoms with E-state index in [4.69, 9.17) is 0 Å². The Bertz CT molecular complexity index is 498. The summed E-state index contributed by atoms with van der Waals surface area (Å²) in [5.74, 6) is -0.000453. The van der Waals surface area contributed by atoms with Gasteiger partial charge in [0, 0.05) is 44.8 Å². The molecule has 0 unspecified atom stereocenters. The molecule has 1 fully saturated rings. The Morgan fingerprint density at radius 2 is 1.79 bits per heavy atom. The fourth-order valence-electron chi connectivity index (χ4n) is 2.86. The second kappa shape index (κ2) is 9.59. The number of nitrogens with zero attached hydrogens (tertiary/aromatic N) is 3. The Morgan fingerprint density at radius 3 is 2.42 bits per heavy atom. The predicted octanol–water partition coefficient (Wildman–Crippen LogP) is 1.41. The number of anilines is 1. The third kappa shape index (κ3) is 6.09. The zero-order chi connectivity index (χ0) is 17.4. The van der Waals surface area contributed by atoms with Crippen LogP contribution in [0.2, 0.25) is 0 Å². The van der Waals surface area contributed by atoms with Crippen molar-refractivity contribution in [2.24, 2.45) is 0 Å². The zero-order valence-corrected chi connectivity index (χ0v) is 14.8. The van der Waals surface area contributed by atoms with Crippen molar-refractivity contribution in [3.63, 3.8) is 0 Å². The summed E-state index contributed by atoms with van der Waals surface area (Å²) in [5, 5.41) is 3.33. The monoisotopic (exact) mass is 336 g/mol. The summed E-state index contributed by atoms with van der Waals surface area (Å²) in [6.45, 7) is 5.81. The van der Waals surface area contributed by atoms with E-state index in [1.807, 2.05) is 4.90 Å². The van der Waals surface area contributed by atoms with Crippen molar-refractivity contribution in [1.29, 1.82) is 0 Å². The standard InChI is InChI=1S/C18H29FN4O/c1-21(2)11-3-9-20-10-8-18(24)23-14-12-22(13-15-23)17-6-4-16(19)5-7-17/h4-7,20H,3,8-15H2,1-2H3. The number of amides is 1. The van der Waals surface area contributed by atoms with E-state index >= 15 is 0 Å². The Labute approximate surface area is 144 Å². The van der Waals surface area contributed by atoms with Crippen LogP contribution in [0, 0.1) is 5.82 Å². The first-order valence-corrected chi connectivity index (χ1v) is 8.70. The van der Waals surface area contributed by atoms with Crippen molar-refractivity contribution < 1.29 is 9.18 Å². The van der Waals surface area contributed by atoms with Crippen molar-refractivity contribution in [2.45, 2.75) is 12.8 Å². The van der Waals surface area contributed by atoms with Crippen LogP contribution in [-0.2, 0) is 4.79 Å². The molecule has 0 bridgehead atoms. The molecule has 1 heterocycles. The molecule has 0 atom stereocenters. The molecule has 1 aliphatic rings. The molecule has 2 rings (SSSR count). The van der Waals surface area contributed by atoms with E-state index in [2.05, 4.69) is 29.2 Å². The highest BCUT2D eigenvalue weighted by molar-refractivity contribution is 5.76. The second-order valence-corrected chi connectivity index (χ2v) is 6.50. The maximum absolute atomic E-state index is 13.0. The second-order valence-electron chi connectivity index (χ2n) is 6.50. The van der Waals surface area contributed by atoms with Crippen LogP contribution in [0.1, 0.15) is 12.8 Å². The third-order valence-electron chi connectivity index (χ3n) is 4.30. The molecule has 1 aliphatic heterocycles. The summed E-state index contributed by atoms with van der Waals surface area (Å²) in [4.78, 5) is 18.5. The average Bonchev–Trinajstić information content (AvgIpc) is 2.58. The molecule has 0 saturated carbocycles. The van der Waals surface area contributed by atoms with Gasteiger partial charge in [0.1, 0.15) is 5.82 Å². The molecule has 134 valence electrons. The number of carbonyl (C=O) groups is 1. The minimum atomic E-state index is -0.217. The molecule has 0 aromatic heterocycles. The van der Waals surface area contributed by atoms with E-state index in [1.54, 1.807) is 12.1 Å². The SMILES string of the molecule is CN(C)CCCNCCC(=O)N1CCN(c2ccc(F)cc2)CC1. The highest BCUT2D eigenvalue weighted by Crippen LogP contribution is 2.17. The van der Waals surface area contributed by atoms with Crippen molar-refractivity contribution in [1.82, 2.24) is 15.1 Å². The first-order chi connectivity index (χ1) is 11.6. The minimum absolute atomic E-state index is 0.217. The number of piperazine rings is 1. The van der Waals surface area contributed by atoms with Gasteiger partial charge in [0.05, 0.1) is 0 Å². The van der Waals surface area contributed by atoms with E-state index in [0.29, 0.717) is 6.42 Å². The highest BCUT2D eigenvalue weighted by Gasteiger charge is 2.20. The molecule has 1 N–H and O–H groups in total. The Hall–Kier alpha value is -1.66. The van der Waals surface area contributed by atoms with Gasteiger partial charge in [-0.1, -0.05) is 0 Å². The van der Waals surface area contributed by atoms with Crippen LogP contribution in [0.25, 0.3) is 0 Å². The number of hydrogen-bond donors (Lipinski definition) is 1. The van der Waals surface area contributed by atoms with Crippen LogP contribution in [0.4, 0.5) is 10.1 Å². The lowest BCUT2D eigenvalue weighted by Crippen LogP contribution is -2.49. The number of nitrogens with one attached hydrogen (secondary N) is 1. The predicted molar refractivity (Wildman–Crippen MR) is 95.9 cm³/mol. The van der Waals surface area contributed by atoms with Crippen molar-refractivity contribution in [3.8, 4) is 0 Å². The van der Waals surface area contributed by atoms with Crippen LogP contribution in [0.15, 0.2) is 24.3 Å². The van der Waals surface area contributed by atoms with Gasteiger partial charge in [-0.05, 0) is 57.9 Å². The Kier molecular flexibility index (Phi) is 7.46. The van der Waals surface area contributed by atoms with Gasteiger partial charge < -0.3 is 20.0 Å². The topological polar surface area (TPSA) is 38.8 Å². The van der Waals surface area contributed by atoms with Crippen LogP contribution >= 0.6 is 0 Å². The van der Waals surface area contributed by atoms with Gasteiger partial charge in [0.15, 0.2) is 0 Å². The lowest BCUT2D eigenvalue weighted by atomic mass is 10.2. The number of benzene rings is 1. The maximum atomic E-state index is 13.0. The average molecular weight is 336 g/mol. The third-order valence-corrected chi connectivity index (χ3v) is 4.30. The normalized spacial score (nSPS) is 15.2. The van der Waals surface area contributed by atoms with Gasteiger partial charge in [-0.2, -0.15) is 0 Å². The van der Waals surface area contributed by atoms with E-state index in [-0.39, 0.29) is 11.7 Å². The van der Waals surface area contributed by atoms with Gasteiger partial charge in [0.25, 0.3) is 0 Å². The fraction of sp³-hybridized carbons (Fsp3) is 0.611. The number of rotatable bonds is 8. The van der Waals surface area contributed by atoms with E-state index in [9.17, 15) is 9.18 Å². The van der Waals surface area contributed by atoms with E-state index in [1.165, 1.54) is 12.1 Å². The molecule has 1 saturated heterocycles. The molecule has 1 aromatic carbocycles. The summed E-state index contributed by atoms with van der Waals surface area (Å²) in [5.41, 5.74) is 1.02. The molecular weight excluding hydrogens is 307 g/mol. The molecule has 0 radical (unpaired) electrons. The number of hydrogen-bond acceptors (Lipinski definition) is 4. The summed E-state index contributed by atoms with van der Waals surface area (Å²) in [7, 11) is 4.13. The van der Waals surface area contributed by atoms with Crippen LogP contribution in [0.3, 0.4) is 0 Å². The molecule has 0 spiro atoms. The summed E-state index contributed by atoms with van der Waals surface area (Å²) in [6, 6.07) is 6.55. The number of carbonyl (C=O) groups excluding carboxylic acids is 1. The van der Waals surface area contributed by atoms with Crippen molar-refractivity contribution >= 4 is 11.6 Å². The Balaban J connectivity index is 1.63. The van der Waals surface area contributed by atoms with Gasteiger partial charge in [-0.3, -0.25) is 4.79 Å². The first kappa shape index (κ1) is 18.7. The Morgan fingerprint density at radius 1 is 1.12 bits per heavy atom. The molecule has 0 aliphatic carbocycles. The summed E-state index contributed by atoms with van der Waals surface area (Å²) >= 11 is 0. The van der Waals surface area contributed by atoms with Crippen LogP contribution in [-0.4, -0.2) is 75.6 Å². The zero-order valence-electron chi connectivity index (χ0n) is 14.8.